The van der Waals surface area contributed by atoms with Crippen molar-refractivity contribution in [3.63, 3.8) is 0 Å². The Morgan fingerprint density at radius 3 is 1.21 bits per heavy atom. The third kappa shape index (κ3) is 18.0. The summed E-state index contributed by atoms with van der Waals surface area (Å²) in [4.78, 5) is 96.6. The lowest BCUT2D eigenvalue weighted by Gasteiger charge is -2.48. The smallest absolute Gasteiger partial charge is 0.308 e. The Balaban J connectivity index is 0.000000117. The molecule has 13 heterocycles. The second-order valence-corrected chi connectivity index (χ2v) is 34.7. The molecule has 9 aliphatic rings. The summed E-state index contributed by atoms with van der Waals surface area (Å²) in [6.45, 7) is 0. The number of aromatic amines is 4. The lowest BCUT2D eigenvalue weighted by molar-refractivity contribution is -0.145. The minimum Gasteiger partial charge on any atom is -0.481 e. The molecule has 1 amide bonds. The van der Waals surface area contributed by atoms with Gasteiger partial charge >= 0.3 is 17.9 Å². The Kier molecular flexibility index (Phi) is 24.3. The number of aliphatic carboxylic acids is 3. The molecule has 9 saturated carbocycles. The molecule has 10 N–H and O–H groups in total. The van der Waals surface area contributed by atoms with E-state index in [9.17, 15) is 69.6 Å². The van der Waals surface area contributed by atoms with Gasteiger partial charge in [0.1, 0.15) is 46.0 Å². The molecule has 8 atom stereocenters. The van der Waals surface area contributed by atoms with Gasteiger partial charge in [0.05, 0.1) is 98.3 Å². The average molecular weight is 1750 g/mol. The number of fused-ring (bicyclic) bond motifs is 10. The van der Waals surface area contributed by atoms with Gasteiger partial charge in [-0.3, -0.25) is 39.6 Å². The summed E-state index contributed by atoms with van der Waals surface area (Å²) >= 11 is 7.22. The van der Waals surface area contributed by atoms with Crippen molar-refractivity contribution in [2.24, 2.45) is 58.7 Å². The highest BCUT2D eigenvalue weighted by atomic mass is 35.5. The Morgan fingerprint density at radius 2 is 0.815 bits per heavy atom. The predicted octanol–water partition coefficient (Wildman–Crippen LogP) is 16.0. The minimum atomic E-state index is -0.876. The molecule has 0 radical (unpaired) electrons. The van der Waals surface area contributed by atoms with Crippen LogP contribution in [-0.4, -0.2) is 158 Å². The van der Waals surface area contributed by atoms with Gasteiger partial charge in [0, 0.05) is 36.3 Å². The number of carboxylic acid groups (broad SMARTS) is 3. The molecule has 22 rings (SSSR count). The second-order valence-electron chi connectivity index (χ2n) is 33.2. The van der Waals surface area contributed by atoms with Crippen LogP contribution in [0.15, 0.2) is 85.3 Å². The van der Waals surface area contributed by atoms with Gasteiger partial charge in [-0.25, -0.2) is 94.9 Å². The van der Waals surface area contributed by atoms with Gasteiger partial charge in [0.2, 0.25) is 0 Å². The van der Waals surface area contributed by atoms with Crippen molar-refractivity contribution in [3.8, 4) is 46.1 Å². The number of thiophene rings is 1. The maximum atomic E-state index is 14.7. The molecule has 0 aliphatic heterocycles. The molecule has 4 bridgehead atoms. The van der Waals surface area contributed by atoms with E-state index < -0.39 is 76.4 Å². The van der Waals surface area contributed by atoms with Crippen molar-refractivity contribution in [1.29, 1.82) is 0 Å². The van der Waals surface area contributed by atoms with Gasteiger partial charge in [-0.15, -0.1) is 11.3 Å². The fourth-order valence-electron chi connectivity index (χ4n) is 20.3. The topological polar surface area (TPSA) is 434 Å². The van der Waals surface area contributed by atoms with Crippen molar-refractivity contribution in [2.75, 3.05) is 10.6 Å². The van der Waals surface area contributed by atoms with Crippen LogP contribution in [0.2, 0.25) is 4.34 Å². The normalized spacial score (nSPS) is 23.0. The van der Waals surface area contributed by atoms with Crippen LogP contribution in [0, 0.1) is 105 Å². The highest BCUT2D eigenvalue weighted by Crippen LogP contribution is 2.55. The maximum absolute atomic E-state index is 14.7. The number of anilines is 2. The molecule has 1 spiro atoms. The number of pyridine rings is 4. The summed E-state index contributed by atoms with van der Waals surface area (Å²) < 4.78 is 114. The number of rotatable bonds is 19. The number of carboxylic acids is 3. The highest BCUT2D eigenvalue weighted by Gasteiger charge is 2.51. The molecule has 30 nitrogen and oxygen atoms in total. The molecule has 13 aromatic rings. The first-order chi connectivity index (χ1) is 59.9. The predicted molar refractivity (Wildman–Crippen MR) is 436 cm³/mol. The van der Waals surface area contributed by atoms with Crippen molar-refractivity contribution in [1.82, 2.24) is 106 Å². The minimum absolute atomic E-state index is 0.0358. The summed E-state index contributed by atoms with van der Waals surface area (Å²) in [7, 11) is 0. The van der Waals surface area contributed by atoms with E-state index in [1.54, 1.807) is 11.4 Å². The first kappa shape index (κ1) is 83.9. The number of amides is 1. The fraction of sp³-hybridized carbons (Fsp3) is 0.429. The quantitative estimate of drug-likeness (QED) is 0.0336. The average Bonchev–Trinajstić information content (AvgIpc) is 1.73. The van der Waals surface area contributed by atoms with E-state index in [-0.39, 0.29) is 106 Å². The van der Waals surface area contributed by atoms with E-state index in [1.165, 1.54) is 35.6 Å². The number of hydrogen-bond donors (Lipinski definition) is 10. The van der Waals surface area contributed by atoms with E-state index in [0.29, 0.717) is 126 Å². The van der Waals surface area contributed by atoms with Crippen LogP contribution in [-0.2, 0) is 27.2 Å². The third-order valence-electron chi connectivity index (χ3n) is 26.0. The number of halogens is 9. The van der Waals surface area contributed by atoms with Gasteiger partial charge in [-0.05, 0) is 199 Å². The molecule has 3 unspecified atom stereocenters. The molecule has 0 aromatic carbocycles. The molecule has 124 heavy (non-hydrogen) atoms. The van der Waals surface area contributed by atoms with Crippen LogP contribution in [0.5, 0.6) is 0 Å². The van der Waals surface area contributed by atoms with Crippen LogP contribution in [0.3, 0.4) is 0 Å². The zero-order valence-corrected chi connectivity index (χ0v) is 67.8. The number of carbonyl (C=O) groups excluding carboxylic acids is 1. The van der Waals surface area contributed by atoms with E-state index in [0.717, 1.165) is 159 Å². The SMILES string of the molecule is O=C(N[C@@H]1CCCC(Nc2nc(-c3[nH]nc4ncc(F)cc34)ncc2F)C1)c1csc(Cl)c1.O=C(O)C[C@@H]1C2CCC(CC2)C1Cc1nc(-c2[nH]nc3ncc(F)cc23)ncc1F.O=C(O)C[C@H]1C2CCC(CC2)C1Cc1nc(-c2[nH]nc3ncc(F)cc23)ncc1F.O=C(O)[C@H]1CCCC2(CCCC2)[C@@H]1Nc1nc(-c2[nH]nc3ncc(F)cc23)ncc1F. The van der Waals surface area contributed by atoms with Gasteiger partial charge in [-0.2, -0.15) is 20.4 Å². The first-order valence-corrected chi connectivity index (χ1v) is 42.5. The molecular formula is C84H82ClF8N23O7S. The standard InChI is InChI=1S/C21H18ClF2N7OS.C21H22F2N6O2.2C21H21F2N5O2/c22-16-4-10(9-33-16)21(32)28-13-3-1-2-12(6-13)27-19-15(24)8-26-20(29-19)17-14-5-11(23)7-25-18(14)31-30-17;22-11-8-13-15(28-29-17(13)24-9-11)19-25-10-14(23)18(27-19)26-16-12(20(30)31)4-3-7-21(16)5-1-2-6-21;2*22-12-5-15-19(27-28-20(15)24-8-12)21-25-9-16(23)17(26-21)6-13-10-1-3-11(4-2-10)14(13)7-18(29)30/h4-5,7-9,12-13H,1-3,6H2,(H,28,32)(H,25,30,31)(H,26,27,29);8-10,12,16H,1-7H2,(H,30,31)(H,24,28,29)(H,25,26,27);2*5,8-11,13-14H,1-4,6-7H2,(H,29,30)(H,24,27,28)/t12?,13-;12-,16+;2*10?,11?,13?,14-/m1010/s1. The molecule has 13 aromatic heterocycles. The maximum Gasteiger partial charge on any atom is 0.308 e. The van der Waals surface area contributed by atoms with E-state index >= 15 is 0 Å². The van der Waals surface area contributed by atoms with Crippen molar-refractivity contribution >= 4 is 103 Å². The Labute approximate surface area is 708 Å². The molecule has 9 fully saturated rings. The molecule has 0 saturated heterocycles. The fourth-order valence-corrected chi connectivity index (χ4v) is 21.1. The van der Waals surface area contributed by atoms with Crippen LogP contribution in [0.4, 0.5) is 46.8 Å². The first-order valence-electron chi connectivity index (χ1n) is 41.2. The molecule has 40 heteroatoms. The summed E-state index contributed by atoms with van der Waals surface area (Å²) in [5.41, 5.74) is 3.57. The number of H-pyrrole nitrogens is 4. The third-order valence-corrected chi connectivity index (χ3v) is 27.1. The van der Waals surface area contributed by atoms with Crippen LogP contribution >= 0.6 is 22.9 Å². The Bertz CT molecular complexity index is 5980. The Morgan fingerprint density at radius 1 is 0.435 bits per heavy atom. The van der Waals surface area contributed by atoms with Gasteiger partial charge in [0.25, 0.3) is 5.91 Å². The second kappa shape index (κ2) is 35.9. The number of nitrogens with zero attached hydrogens (tertiary/aromatic N) is 16. The van der Waals surface area contributed by atoms with Crippen LogP contribution < -0.4 is 16.0 Å². The summed E-state index contributed by atoms with van der Waals surface area (Å²) in [6, 6.07) is 6.18. The highest BCUT2D eigenvalue weighted by molar-refractivity contribution is 7.14. The molecule has 9 aliphatic carbocycles. The zero-order chi connectivity index (χ0) is 86.2. The van der Waals surface area contributed by atoms with Gasteiger partial charge in [0.15, 0.2) is 80.8 Å². The zero-order valence-electron chi connectivity index (χ0n) is 66.2. The largest absolute Gasteiger partial charge is 0.481 e. The van der Waals surface area contributed by atoms with Crippen LogP contribution in [0.1, 0.15) is 157 Å². The van der Waals surface area contributed by atoms with Crippen molar-refractivity contribution in [3.05, 3.63) is 153 Å². The van der Waals surface area contributed by atoms with Crippen molar-refractivity contribution < 1.29 is 69.6 Å². The van der Waals surface area contributed by atoms with Gasteiger partial charge < -0.3 is 31.3 Å². The Hall–Kier alpha value is -12.3. The van der Waals surface area contributed by atoms with E-state index in [2.05, 4.69) is 117 Å². The summed E-state index contributed by atoms with van der Waals surface area (Å²) in [5, 5.41) is 68.4. The number of nitrogens with one attached hydrogen (secondary N) is 7. The van der Waals surface area contributed by atoms with Gasteiger partial charge in [-0.1, -0.05) is 30.9 Å². The van der Waals surface area contributed by atoms with E-state index in [4.69, 9.17) is 11.6 Å². The number of hydrogen-bond acceptors (Lipinski definition) is 23. The number of carbonyl (C=O) groups is 4. The monoisotopic (exact) mass is 1740 g/mol. The van der Waals surface area contributed by atoms with E-state index in [1.807, 2.05) is 0 Å². The summed E-state index contributed by atoms with van der Waals surface area (Å²) in [6.07, 6.45) is 27.4. The van der Waals surface area contributed by atoms with Crippen LogP contribution in [0.25, 0.3) is 90.2 Å². The lowest BCUT2D eigenvalue weighted by Crippen LogP contribution is -2.50. The molecule has 644 valence electrons. The summed E-state index contributed by atoms with van der Waals surface area (Å²) in [5.74, 6) is -5.14. The number of aromatic nitrogens is 20. The van der Waals surface area contributed by atoms with Crippen molar-refractivity contribution in [2.45, 2.75) is 166 Å². The molecular weight excluding hydrogens is 1660 g/mol. The lowest BCUT2D eigenvalue weighted by atomic mass is 9.57.